The van der Waals surface area contributed by atoms with Crippen LogP contribution in [-0.2, 0) is 24.4 Å². The van der Waals surface area contributed by atoms with Crippen LogP contribution in [0.25, 0.3) is 0 Å². The fourth-order valence-electron chi connectivity index (χ4n) is 5.22. The minimum atomic E-state index is -0.275. The summed E-state index contributed by atoms with van der Waals surface area (Å²) in [6.45, 7) is 10.8. The van der Waals surface area contributed by atoms with Crippen LogP contribution < -0.4 is 4.74 Å². The molecule has 6 nitrogen and oxygen atoms in total. The number of rotatable bonds is 10. The highest BCUT2D eigenvalue weighted by molar-refractivity contribution is 6.31. The van der Waals surface area contributed by atoms with E-state index in [0.29, 0.717) is 19.6 Å². The number of piperidine rings is 1. The zero-order valence-electron chi connectivity index (χ0n) is 22.5. The van der Waals surface area contributed by atoms with Gasteiger partial charge in [-0.1, -0.05) is 41.9 Å². The van der Waals surface area contributed by atoms with Crippen LogP contribution in [0.2, 0.25) is 5.02 Å². The fourth-order valence-corrected chi connectivity index (χ4v) is 5.34. The highest BCUT2D eigenvalue weighted by Gasteiger charge is 2.39. The Kier molecular flexibility index (Phi) is 8.93. The van der Waals surface area contributed by atoms with Crippen LogP contribution in [0.5, 0.6) is 5.75 Å². The molecule has 0 N–H and O–H groups in total. The number of aromatic nitrogens is 2. The molecule has 4 rings (SSSR count). The number of carbonyl (C=O) groups is 1. The topological polar surface area (TPSA) is 50.6 Å². The molecule has 1 fully saturated rings. The standard InChI is InChI=1S/C30H39ClN4O2/c1-5-35-20-26(24(3)32-35)19-34-15-9-14-30(21-34,22-37-27-12-13-28(31)23(2)16-27)17-29(36)33(4)18-25-10-7-6-8-11-25/h6-8,10-13,16,20H,5,9,14-15,17-19,21-22H2,1-4H3/t30-/m1/s1. The lowest BCUT2D eigenvalue weighted by Gasteiger charge is -2.43. The van der Waals surface area contributed by atoms with Crippen LogP contribution in [0.1, 0.15) is 48.6 Å². The van der Waals surface area contributed by atoms with E-state index in [0.717, 1.165) is 66.6 Å². The monoisotopic (exact) mass is 522 g/mol. The normalized spacial score (nSPS) is 18.1. The van der Waals surface area contributed by atoms with Gasteiger partial charge in [0, 0.05) is 61.8 Å². The lowest BCUT2D eigenvalue weighted by Crippen LogP contribution is -2.48. The molecule has 0 unspecified atom stereocenters. The zero-order valence-corrected chi connectivity index (χ0v) is 23.3. The zero-order chi connectivity index (χ0) is 26.4. The van der Waals surface area contributed by atoms with Gasteiger partial charge in [-0.05, 0) is 69.5 Å². The van der Waals surface area contributed by atoms with Gasteiger partial charge in [-0.15, -0.1) is 0 Å². The van der Waals surface area contributed by atoms with E-state index < -0.39 is 0 Å². The number of amides is 1. The molecule has 1 aliphatic rings. The number of likely N-dealkylation sites (tertiary alicyclic amines) is 1. The molecule has 0 spiro atoms. The molecule has 1 amide bonds. The van der Waals surface area contributed by atoms with Crippen LogP contribution in [0.3, 0.4) is 0 Å². The van der Waals surface area contributed by atoms with Crippen molar-refractivity contribution in [3.8, 4) is 5.75 Å². The van der Waals surface area contributed by atoms with E-state index >= 15 is 0 Å². The third-order valence-electron chi connectivity index (χ3n) is 7.40. The van der Waals surface area contributed by atoms with E-state index in [1.165, 1.54) is 5.56 Å². The van der Waals surface area contributed by atoms with E-state index in [-0.39, 0.29) is 11.3 Å². The Hall–Kier alpha value is -2.83. The molecule has 1 atom stereocenters. The van der Waals surface area contributed by atoms with Crippen LogP contribution in [0.4, 0.5) is 0 Å². The molecule has 1 saturated heterocycles. The van der Waals surface area contributed by atoms with Gasteiger partial charge in [-0.25, -0.2) is 0 Å². The molecule has 37 heavy (non-hydrogen) atoms. The van der Waals surface area contributed by atoms with Crippen molar-refractivity contribution in [2.45, 2.75) is 59.7 Å². The van der Waals surface area contributed by atoms with Gasteiger partial charge >= 0.3 is 0 Å². The van der Waals surface area contributed by atoms with Gasteiger partial charge in [0.1, 0.15) is 5.75 Å². The highest BCUT2D eigenvalue weighted by atomic mass is 35.5. The van der Waals surface area contributed by atoms with E-state index in [1.807, 2.05) is 60.0 Å². The van der Waals surface area contributed by atoms with Gasteiger partial charge in [-0.3, -0.25) is 14.4 Å². The summed E-state index contributed by atoms with van der Waals surface area (Å²) in [5, 5.41) is 5.36. The summed E-state index contributed by atoms with van der Waals surface area (Å²) in [5.41, 5.74) is 4.17. The predicted octanol–water partition coefficient (Wildman–Crippen LogP) is 5.88. The van der Waals surface area contributed by atoms with Gasteiger partial charge in [0.15, 0.2) is 0 Å². The summed E-state index contributed by atoms with van der Waals surface area (Å²) in [6.07, 6.45) is 4.58. The molecule has 198 valence electrons. The number of benzene rings is 2. The Balaban J connectivity index is 1.51. The third-order valence-corrected chi connectivity index (χ3v) is 7.82. The van der Waals surface area contributed by atoms with Crippen molar-refractivity contribution >= 4 is 17.5 Å². The summed E-state index contributed by atoms with van der Waals surface area (Å²) in [5.74, 6) is 0.945. The molecule has 1 aromatic heterocycles. The Morgan fingerprint density at radius 2 is 1.97 bits per heavy atom. The summed E-state index contributed by atoms with van der Waals surface area (Å²) in [4.78, 5) is 17.8. The van der Waals surface area contributed by atoms with Crippen LogP contribution in [-0.4, -0.2) is 52.2 Å². The lowest BCUT2D eigenvalue weighted by molar-refractivity contribution is -0.135. The molecule has 2 aromatic carbocycles. The van der Waals surface area contributed by atoms with E-state index in [9.17, 15) is 4.79 Å². The summed E-state index contributed by atoms with van der Waals surface area (Å²) >= 11 is 6.23. The molecule has 2 heterocycles. The number of aryl methyl sites for hydroxylation is 3. The van der Waals surface area contributed by atoms with Gasteiger partial charge < -0.3 is 9.64 Å². The van der Waals surface area contributed by atoms with Crippen molar-refractivity contribution < 1.29 is 9.53 Å². The molecular weight excluding hydrogens is 484 g/mol. The number of carbonyl (C=O) groups excluding carboxylic acids is 1. The minimum absolute atomic E-state index is 0.150. The van der Waals surface area contributed by atoms with Crippen molar-refractivity contribution in [1.29, 1.82) is 0 Å². The Bertz CT molecular complexity index is 1200. The average molecular weight is 523 g/mol. The second kappa shape index (κ2) is 12.1. The summed E-state index contributed by atoms with van der Waals surface area (Å²) in [6, 6.07) is 15.9. The van der Waals surface area contributed by atoms with Gasteiger partial charge in [0.2, 0.25) is 5.91 Å². The third kappa shape index (κ3) is 7.14. The van der Waals surface area contributed by atoms with Gasteiger partial charge in [-0.2, -0.15) is 5.10 Å². The van der Waals surface area contributed by atoms with Crippen LogP contribution in [0, 0.1) is 19.3 Å². The van der Waals surface area contributed by atoms with Crippen LogP contribution >= 0.6 is 11.6 Å². The van der Waals surface area contributed by atoms with Crippen LogP contribution in [0.15, 0.2) is 54.7 Å². The van der Waals surface area contributed by atoms with Crippen molar-refractivity contribution in [2.75, 3.05) is 26.7 Å². The second-order valence-corrected chi connectivity index (χ2v) is 10.9. The maximum atomic E-state index is 13.5. The van der Waals surface area contributed by atoms with Crippen molar-refractivity contribution in [2.24, 2.45) is 5.41 Å². The van der Waals surface area contributed by atoms with E-state index in [1.54, 1.807) is 0 Å². The van der Waals surface area contributed by atoms with Gasteiger partial charge in [0.25, 0.3) is 0 Å². The predicted molar refractivity (Wildman–Crippen MR) is 149 cm³/mol. The molecular formula is C30H39ClN4O2. The molecule has 1 aliphatic heterocycles. The summed E-state index contributed by atoms with van der Waals surface area (Å²) < 4.78 is 8.35. The van der Waals surface area contributed by atoms with Crippen molar-refractivity contribution in [3.05, 3.63) is 82.1 Å². The number of ether oxygens (including phenoxy) is 1. The smallest absolute Gasteiger partial charge is 0.223 e. The second-order valence-electron chi connectivity index (χ2n) is 10.5. The first-order valence-corrected chi connectivity index (χ1v) is 13.6. The Morgan fingerprint density at radius 1 is 1.19 bits per heavy atom. The molecule has 0 saturated carbocycles. The average Bonchev–Trinajstić information content (AvgIpc) is 3.24. The number of halogens is 1. The first kappa shape index (κ1) is 27.2. The Labute approximate surface area is 226 Å². The maximum absolute atomic E-state index is 13.5. The lowest BCUT2D eigenvalue weighted by atomic mass is 9.77. The van der Waals surface area contributed by atoms with Gasteiger partial charge in [0.05, 0.1) is 12.3 Å². The molecule has 7 heteroatoms. The number of nitrogens with zero attached hydrogens (tertiary/aromatic N) is 4. The molecule has 0 aliphatic carbocycles. The minimum Gasteiger partial charge on any atom is -0.493 e. The fraction of sp³-hybridized carbons (Fsp3) is 0.467. The van der Waals surface area contributed by atoms with E-state index in [2.05, 4.69) is 42.2 Å². The first-order valence-electron chi connectivity index (χ1n) is 13.2. The SMILES string of the molecule is CCn1cc(CN2CCC[C@@](COc3ccc(Cl)c(C)c3)(CC(=O)N(C)Cc3ccccc3)C2)c(C)n1. The van der Waals surface area contributed by atoms with E-state index in [4.69, 9.17) is 16.3 Å². The van der Waals surface area contributed by atoms with Crippen molar-refractivity contribution in [3.63, 3.8) is 0 Å². The number of hydrogen-bond acceptors (Lipinski definition) is 4. The molecule has 0 radical (unpaired) electrons. The Morgan fingerprint density at radius 3 is 2.68 bits per heavy atom. The molecule has 0 bridgehead atoms. The molecule has 3 aromatic rings. The number of hydrogen-bond donors (Lipinski definition) is 0. The maximum Gasteiger partial charge on any atom is 0.223 e. The first-order chi connectivity index (χ1) is 17.8. The quantitative estimate of drug-likeness (QED) is 0.333. The van der Waals surface area contributed by atoms with Crippen molar-refractivity contribution in [1.82, 2.24) is 19.6 Å². The largest absolute Gasteiger partial charge is 0.493 e. The summed E-state index contributed by atoms with van der Waals surface area (Å²) in [7, 11) is 1.90. The highest BCUT2D eigenvalue weighted by Crippen LogP contribution is 2.36.